The van der Waals surface area contributed by atoms with Crippen LogP contribution in [0.2, 0.25) is 0 Å². The van der Waals surface area contributed by atoms with E-state index >= 15 is 0 Å². The van der Waals surface area contributed by atoms with Crippen LogP contribution >= 0.6 is 0 Å². The van der Waals surface area contributed by atoms with Gasteiger partial charge in [-0.05, 0) is 50.6 Å². The first-order chi connectivity index (χ1) is 15.0. The molecule has 2 aromatic rings. The van der Waals surface area contributed by atoms with Crippen LogP contribution in [0.3, 0.4) is 0 Å². The van der Waals surface area contributed by atoms with Crippen molar-refractivity contribution in [3.8, 4) is 0 Å². The average molecular weight is 428 g/mol. The predicted molar refractivity (Wildman–Crippen MR) is 116 cm³/mol. The Morgan fingerprint density at radius 1 is 1.23 bits per heavy atom. The van der Waals surface area contributed by atoms with E-state index in [1.807, 2.05) is 4.90 Å². The van der Waals surface area contributed by atoms with E-state index in [4.69, 9.17) is 9.15 Å². The van der Waals surface area contributed by atoms with Crippen molar-refractivity contribution in [1.29, 1.82) is 0 Å². The van der Waals surface area contributed by atoms with Crippen molar-refractivity contribution < 1.29 is 23.5 Å². The minimum atomic E-state index is -0.285. The maximum atomic E-state index is 13.0. The lowest BCUT2D eigenvalue weighted by Gasteiger charge is -2.32. The zero-order valence-corrected chi connectivity index (χ0v) is 18.0. The molecular formula is C23H29N3O5. The average Bonchev–Trinajstić information content (AvgIpc) is 3.31. The quantitative estimate of drug-likeness (QED) is 0.651. The van der Waals surface area contributed by atoms with E-state index in [0.29, 0.717) is 30.2 Å². The SMILES string of the molecule is CCOC(=O)C1CCCN(CC(=O)N(C)c2ccccc2C(=O)NCc2ccco2)C1. The van der Waals surface area contributed by atoms with Crippen LogP contribution in [0.15, 0.2) is 47.1 Å². The van der Waals surface area contributed by atoms with E-state index in [9.17, 15) is 14.4 Å². The first-order valence-electron chi connectivity index (χ1n) is 10.5. The van der Waals surface area contributed by atoms with Crippen LogP contribution in [0.5, 0.6) is 0 Å². The van der Waals surface area contributed by atoms with Crippen molar-refractivity contribution in [2.24, 2.45) is 5.92 Å². The Labute approximate surface area is 182 Å². The number of hydrogen-bond donors (Lipinski definition) is 1. The van der Waals surface area contributed by atoms with Gasteiger partial charge in [-0.25, -0.2) is 0 Å². The highest BCUT2D eigenvalue weighted by molar-refractivity contribution is 6.05. The molecule has 1 fully saturated rings. The van der Waals surface area contributed by atoms with E-state index < -0.39 is 0 Å². The fraction of sp³-hybridized carbons (Fsp3) is 0.435. The number of likely N-dealkylation sites (N-methyl/N-ethyl adjacent to an activating group) is 1. The number of carbonyl (C=O) groups excluding carboxylic acids is 3. The number of para-hydroxylation sites is 1. The number of piperidine rings is 1. The smallest absolute Gasteiger partial charge is 0.310 e. The lowest BCUT2D eigenvalue weighted by molar-refractivity contribution is -0.150. The summed E-state index contributed by atoms with van der Waals surface area (Å²) in [6.07, 6.45) is 3.17. The summed E-state index contributed by atoms with van der Waals surface area (Å²) >= 11 is 0. The lowest BCUT2D eigenvalue weighted by atomic mass is 9.98. The second-order valence-corrected chi connectivity index (χ2v) is 7.56. The van der Waals surface area contributed by atoms with E-state index in [-0.39, 0.29) is 36.8 Å². The zero-order valence-electron chi connectivity index (χ0n) is 18.0. The molecule has 2 heterocycles. The number of amides is 2. The van der Waals surface area contributed by atoms with Gasteiger partial charge in [0.1, 0.15) is 5.76 Å². The molecule has 1 N–H and O–H groups in total. The molecule has 31 heavy (non-hydrogen) atoms. The Morgan fingerprint density at radius 3 is 2.77 bits per heavy atom. The molecule has 1 aliphatic rings. The maximum Gasteiger partial charge on any atom is 0.310 e. The number of carbonyl (C=O) groups is 3. The van der Waals surface area contributed by atoms with Crippen LogP contribution in [0.4, 0.5) is 5.69 Å². The van der Waals surface area contributed by atoms with Crippen molar-refractivity contribution >= 4 is 23.5 Å². The number of furan rings is 1. The van der Waals surface area contributed by atoms with Crippen LogP contribution < -0.4 is 10.2 Å². The van der Waals surface area contributed by atoms with Gasteiger partial charge in [-0.2, -0.15) is 0 Å². The number of ether oxygens (including phenoxy) is 1. The van der Waals surface area contributed by atoms with Gasteiger partial charge in [0, 0.05) is 13.6 Å². The lowest BCUT2D eigenvalue weighted by Crippen LogP contribution is -2.45. The Morgan fingerprint density at radius 2 is 2.03 bits per heavy atom. The Bertz CT molecular complexity index is 896. The molecule has 0 radical (unpaired) electrons. The second kappa shape index (κ2) is 10.8. The van der Waals surface area contributed by atoms with Gasteiger partial charge in [0.25, 0.3) is 5.91 Å². The Kier molecular flexibility index (Phi) is 7.83. The molecule has 1 aliphatic heterocycles. The first-order valence-corrected chi connectivity index (χ1v) is 10.5. The van der Waals surface area contributed by atoms with Gasteiger partial charge in [-0.1, -0.05) is 12.1 Å². The van der Waals surface area contributed by atoms with Crippen LogP contribution in [0.25, 0.3) is 0 Å². The molecule has 2 amide bonds. The maximum absolute atomic E-state index is 13.0. The molecular weight excluding hydrogens is 398 g/mol. The minimum Gasteiger partial charge on any atom is -0.467 e. The van der Waals surface area contributed by atoms with Crippen LogP contribution in [0.1, 0.15) is 35.9 Å². The number of benzene rings is 1. The van der Waals surface area contributed by atoms with E-state index in [2.05, 4.69) is 5.32 Å². The van der Waals surface area contributed by atoms with Gasteiger partial charge in [0.2, 0.25) is 5.91 Å². The molecule has 1 aromatic heterocycles. The van der Waals surface area contributed by atoms with Crippen molar-refractivity contribution in [3.05, 3.63) is 54.0 Å². The van der Waals surface area contributed by atoms with Crippen molar-refractivity contribution in [2.75, 3.05) is 38.2 Å². The number of hydrogen-bond acceptors (Lipinski definition) is 6. The van der Waals surface area contributed by atoms with E-state index in [1.54, 1.807) is 56.6 Å². The number of nitrogens with zero attached hydrogens (tertiary/aromatic N) is 2. The highest BCUT2D eigenvalue weighted by Gasteiger charge is 2.29. The molecule has 1 atom stereocenters. The summed E-state index contributed by atoms with van der Waals surface area (Å²) in [5.41, 5.74) is 0.941. The van der Waals surface area contributed by atoms with Crippen molar-refractivity contribution in [2.45, 2.75) is 26.3 Å². The summed E-state index contributed by atoms with van der Waals surface area (Å²) < 4.78 is 10.4. The number of nitrogens with one attached hydrogen (secondary N) is 1. The molecule has 0 saturated carbocycles. The summed E-state index contributed by atoms with van der Waals surface area (Å²) in [6.45, 7) is 3.84. The van der Waals surface area contributed by atoms with Gasteiger partial charge >= 0.3 is 5.97 Å². The van der Waals surface area contributed by atoms with Crippen molar-refractivity contribution in [3.63, 3.8) is 0 Å². The molecule has 0 bridgehead atoms. The monoisotopic (exact) mass is 427 g/mol. The molecule has 0 aliphatic carbocycles. The third-order valence-electron chi connectivity index (χ3n) is 5.37. The predicted octanol–water partition coefficient (Wildman–Crippen LogP) is 2.45. The fourth-order valence-electron chi connectivity index (χ4n) is 3.72. The van der Waals surface area contributed by atoms with Gasteiger partial charge in [0.05, 0.1) is 43.1 Å². The molecule has 166 valence electrons. The summed E-state index contributed by atoms with van der Waals surface area (Å²) in [5.74, 6) is -0.183. The molecule has 8 nitrogen and oxygen atoms in total. The van der Waals surface area contributed by atoms with Crippen molar-refractivity contribution in [1.82, 2.24) is 10.2 Å². The molecule has 0 spiro atoms. The Hall–Kier alpha value is -3.13. The van der Waals surface area contributed by atoms with Gasteiger partial charge < -0.3 is 19.4 Å². The standard InChI is InChI=1S/C23H29N3O5/c1-3-30-23(29)17-8-6-12-26(15-17)16-21(27)25(2)20-11-5-4-10-19(20)22(28)24-14-18-9-7-13-31-18/h4-5,7,9-11,13,17H,3,6,8,12,14-16H2,1-2H3,(H,24,28). The summed E-state index contributed by atoms with van der Waals surface area (Å²) in [4.78, 5) is 41.2. The topological polar surface area (TPSA) is 92.1 Å². The van der Waals surface area contributed by atoms with Gasteiger partial charge in [-0.3, -0.25) is 19.3 Å². The van der Waals surface area contributed by atoms with Crippen LogP contribution in [0, 0.1) is 5.92 Å². The second-order valence-electron chi connectivity index (χ2n) is 7.56. The number of anilines is 1. The number of likely N-dealkylation sites (tertiary alicyclic amines) is 1. The normalized spacial score (nSPS) is 16.5. The molecule has 3 rings (SSSR count). The molecule has 1 saturated heterocycles. The summed E-state index contributed by atoms with van der Waals surface area (Å²) in [6, 6.07) is 10.5. The molecule has 1 unspecified atom stereocenters. The third kappa shape index (κ3) is 5.95. The van der Waals surface area contributed by atoms with Gasteiger partial charge in [-0.15, -0.1) is 0 Å². The highest BCUT2D eigenvalue weighted by atomic mass is 16.5. The van der Waals surface area contributed by atoms with Crippen LogP contribution in [-0.4, -0.2) is 56.0 Å². The first kappa shape index (κ1) is 22.6. The van der Waals surface area contributed by atoms with E-state index in [1.165, 1.54) is 4.90 Å². The zero-order chi connectivity index (χ0) is 22.2. The highest BCUT2D eigenvalue weighted by Crippen LogP contribution is 2.22. The summed E-state index contributed by atoms with van der Waals surface area (Å²) in [5, 5.41) is 2.81. The van der Waals surface area contributed by atoms with Crippen LogP contribution in [-0.2, 0) is 20.9 Å². The van der Waals surface area contributed by atoms with Gasteiger partial charge in [0.15, 0.2) is 0 Å². The minimum absolute atomic E-state index is 0.143. The number of rotatable bonds is 8. The molecule has 1 aromatic carbocycles. The number of esters is 1. The summed E-state index contributed by atoms with van der Waals surface area (Å²) in [7, 11) is 1.66. The largest absolute Gasteiger partial charge is 0.467 e. The van der Waals surface area contributed by atoms with E-state index in [0.717, 1.165) is 19.4 Å². The fourth-order valence-corrected chi connectivity index (χ4v) is 3.72. The Balaban J connectivity index is 1.62. The third-order valence-corrected chi connectivity index (χ3v) is 5.37. The molecule has 8 heteroatoms.